The highest BCUT2D eigenvalue weighted by Gasteiger charge is 2.15. The van der Waals surface area contributed by atoms with E-state index in [1.165, 1.54) is 0 Å². The molecular weight excluding hydrogens is 334 g/mol. The molecule has 5 nitrogen and oxygen atoms in total. The third-order valence-corrected chi connectivity index (χ3v) is 3.84. The molecule has 6 heteroatoms. The van der Waals surface area contributed by atoms with E-state index < -0.39 is 6.04 Å². The highest BCUT2D eigenvalue weighted by atomic mass is 79.9. The Hall–Kier alpha value is -1.92. The summed E-state index contributed by atoms with van der Waals surface area (Å²) in [5.41, 5.74) is 7.57. The summed E-state index contributed by atoms with van der Waals surface area (Å²) >= 11 is 3.35. The molecule has 2 aromatic rings. The summed E-state index contributed by atoms with van der Waals surface area (Å²) in [6.45, 7) is 1.84. The quantitative estimate of drug-likeness (QED) is 0.790. The fourth-order valence-corrected chi connectivity index (χ4v) is 2.03. The number of carbonyl (C=O) groups is 1. The number of nitrogens with two attached hydrogens (primary N) is 1. The second kappa shape index (κ2) is 6.69. The second-order valence-electron chi connectivity index (χ2n) is 4.73. The molecule has 0 aliphatic rings. The average molecular weight is 350 g/mol. The zero-order valence-electron chi connectivity index (χ0n) is 11.5. The molecule has 110 valence electrons. The Balaban J connectivity index is 1.98. The van der Waals surface area contributed by atoms with Gasteiger partial charge in [0, 0.05) is 4.47 Å². The number of hydrogen-bond donors (Lipinski definition) is 3. The maximum atomic E-state index is 12.0. The van der Waals surface area contributed by atoms with Gasteiger partial charge in [0.15, 0.2) is 0 Å². The molecule has 0 spiro atoms. The Kier molecular flexibility index (Phi) is 4.93. The number of aryl methyl sites for hydroxylation is 1. The minimum atomic E-state index is -0.680. The number of nitrogens with one attached hydrogen (secondary N) is 1. The standard InChI is InChI=1S/C15H16BrN3O2/c1-9-12(16)6-7-14(18-9)19-15(21)13(17)8-10-2-4-11(20)5-3-10/h2-7,13,20H,8,17H2,1H3,(H,18,19,21)/t13-/m1/s1. The number of phenolic OH excluding ortho intramolecular Hbond substituents is 1. The molecule has 0 radical (unpaired) electrons. The first-order valence-corrected chi connectivity index (χ1v) is 7.22. The first-order valence-electron chi connectivity index (χ1n) is 6.43. The molecule has 1 aromatic carbocycles. The van der Waals surface area contributed by atoms with Crippen LogP contribution in [-0.4, -0.2) is 22.0 Å². The fourth-order valence-electron chi connectivity index (χ4n) is 1.81. The molecule has 0 bridgehead atoms. The minimum Gasteiger partial charge on any atom is -0.508 e. The molecule has 0 aliphatic carbocycles. The number of amides is 1. The summed E-state index contributed by atoms with van der Waals surface area (Å²) in [6, 6.07) is 9.47. The van der Waals surface area contributed by atoms with Crippen molar-refractivity contribution in [1.82, 2.24) is 4.98 Å². The second-order valence-corrected chi connectivity index (χ2v) is 5.58. The van der Waals surface area contributed by atoms with Crippen LogP contribution in [0.1, 0.15) is 11.3 Å². The van der Waals surface area contributed by atoms with Gasteiger partial charge >= 0.3 is 0 Å². The van der Waals surface area contributed by atoms with E-state index in [4.69, 9.17) is 5.73 Å². The normalized spacial score (nSPS) is 12.0. The zero-order valence-corrected chi connectivity index (χ0v) is 13.1. The molecular formula is C15H16BrN3O2. The van der Waals surface area contributed by atoms with Crippen LogP contribution in [0, 0.1) is 6.92 Å². The monoisotopic (exact) mass is 349 g/mol. The van der Waals surface area contributed by atoms with Crippen LogP contribution in [0.25, 0.3) is 0 Å². The minimum absolute atomic E-state index is 0.186. The molecule has 0 fully saturated rings. The zero-order chi connectivity index (χ0) is 15.4. The smallest absolute Gasteiger partial charge is 0.242 e. The number of benzene rings is 1. The van der Waals surface area contributed by atoms with Crippen LogP contribution in [0.5, 0.6) is 5.75 Å². The van der Waals surface area contributed by atoms with Crippen LogP contribution in [0.15, 0.2) is 40.9 Å². The van der Waals surface area contributed by atoms with Crippen LogP contribution < -0.4 is 11.1 Å². The van der Waals surface area contributed by atoms with E-state index in [0.29, 0.717) is 12.2 Å². The first-order chi connectivity index (χ1) is 9.95. The number of aromatic nitrogens is 1. The number of nitrogens with zero attached hydrogens (tertiary/aromatic N) is 1. The van der Waals surface area contributed by atoms with Gasteiger partial charge in [0.2, 0.25) is 5.91 Å². The highest BCUT2D eigenvalue weighted by Crippen LogP contribution is 2.16. The van der Waals surface area contributed by atoms with E-state index in [1.807, 2.05) is 13.0 Å². The van der Waals surface area contributed by atoms with Crippen LogP contribution >= 0.6 is 15.9 Å². The molecule has 1 heterocycles. The lowest BCUT2D eigenvalue weighted by Gasteiger charge is -2.12. The van der Waals surface area contributed by atoms with Crippen molar-refractivity contribution in [3.05, 3.63) is 52.1 Å². The number of carbonyl (C=O) groups excluding carboxylic acids is 1. The fraction of sp³-hybridized carbons (Fsp3) is 0.200. The van der Waals surface area contributed by atoms with E-state index in [2.05, 4.69) is 26.2 Å². The molecule has 0 saturated carbocycles. The Morgan fingerprint density at radius 1 is 1.33 bits per heavy atom. The Morgan fingerprint density at radius 2 is 2.00 bits per heavy atom. The van der Waals surface area contributed by atoms with Crippen LogP contribution in [0.4, 0.5) is 5.82 Å². The third-order valence-electron chi connectivity index (χ3n) is 3.00. The maximum absolute atomic E-state index is 12.0. The van der Waals surface area contributed by atoms with Gasteiger partial charge < -0.3 is 16.2 Å². The molecule has 1 amide bonds. The predicted octanol–water partition coefficient (Wildman–Crippen LogP) is 2.37. The van der Waals surface area contributed by atoms with Gasteiger partial charge in [-0.25, -0.2) is 4.98 Å². The van der Waals surface area contributed by atoms with Crippen LogP contribution in [0.3, 0.4) is 0 Å². The maximum Gasteiger partial charge on any atom is 0.242 e. The summed E-state index contributed by atoms with van der Waals surface area (Å²) in [7, 11) is 0. The lowest BCUT2D eigenvalue weighted by Crippen LogP contribution is -2.37. The molecule has 1 aromatic heterocycles. The number of halogens is 1. The van der Waals surface area contributed by atoms with Crippen molar-refractivity contribution in [2.45, 2.75) is 19.4 Å². The lowest BCUT2D eigenvalue weighted by atomic mass is 10.1. The van der Waals surface area contributed by atoms with E-state index in [0.717, 1.165) is 15.7 Å². The number of phenols is 1. The summed E-state index contributed by atoms with van der Waals surface area (Å²) in [5, 5.41) is 11.9. The van der Waals surface area contributed by atoms with Gasteiger partial charge in [-0.2, -0.15) is 0 Å². The average Bonchev–Trinajstić information content (AvgIpc) is 2.45. The summed E-state index contributed by atoms with van der Waals surface area (Å²) in [5.74, 6) is 0.366. The van der Waals surface area contributed by atoms with Gasteiger partial charge in [-0.3, -0.25) is 4.79 Å². The van der Waals surface area contributed by atoms with E-state index >= 15 is 0 Å². The van der Waals surface area contributed by atoms with Crippen molar-refractivity contribution in [1.29, 1.82) is 0 Å². The Labute approximate surface area is 131 Å². The number of anilines is 1. The topological polar surface area (TPSA) is 88.2 Å². The Bertz CT molecular complexity index is 644. The van der Waals surface area contributed by atoms with E-state index in [1.54, 1.807) is 30.3 Å². The molecule has 1 atom stereocenters. The van der Waals surface area contributed by atoms with Gasteiger partial charge in [0.1, 0.15) is 11.6 Å². The highest BCUT2D eigenvalue weighted by molar-refractivity contribution is 9.10. The Morgan fingerprint density at radius 3 is 2.62 bits per heavy atom. The van der Waals surface area contributed by atoms with Crippen molar-refractivity contribution in [3.63, 3.8) is 0 Å². The summed E-state index contributed by atoms with van der Waals surface area (Å²) < 4.78 is 0.883. The molecule has 0 saturated heterocycles. The van der Waals surface area contributed by atoms with Gasteiger partial charge in [0.25, 0.3) is 0 Å². The van der Waals surface area contributed by atoms with E-state index in [9.17, 15) is 9.90 Å². The molecule has 0 aliphatic heterocycles. The molecule has 2 rings (SSSR count). The van der Waals surface area contributed by atoms with Crippen molar-refractivity contribution >= 4 is 27.7 Å². The predicted molar refractivity (Wildman–Crippen MR) is 85.1 cm³/mol. The lowest BCUT2D eigenvalue weighted by molar-refractivity contribution is -0.117. The van der Waals surface area contributed by atoms with E-state index in [-0.39, 0.29) is 11.7 Å². The number of rotatable bonds is 4. The SMILES string of the molecule is Cc1nc(NC(=O)[C@H](N)Cc2ccc(O)cc2)ccc1Br. The van der Waals surface area contributed by atoms with Crippen LogP contribution in [0.2, 0.25) is 0 Å². The van der Waals surface area contributed by atoms with Crippen molar-refractivity contribution in [3.8, 4) is 5.75 Å². The van der Waals surface area contributed by atoms with Gasteiger partial charge in [-0.1, -0.05) is 12.1 Å². The van der Waals surface area contributed by atoms with Crippen molar-refractivity contribution in [2.24, 2.45) is 5.73 Å². The number of aromatic hydroxyl groups is 1. The van der Waals surface area contributed by atoms with Gasteiger partial charge in [-0.15, -0.1) is 0 Å². The molecule has 0 unspecified atom stereocenters. The molecule has 21 heavy (non-hydrogen) atoms. The third kappa shape index (κ3) is 4.27. The largest absolute Gasteiger partial charge is 0.508 e. The summed E-state index contributed by atoms with van der Waals surface area (Å²) in [4.78, 5) is 16.3. The summed E-state index contributed by atoms with van der Waals surface area (Å²) in [6.07, 6.45) is 0.390. The molecule has 4 N–H and O–H groups in total. The van der Waals surface area contributed by atoms with Gasteiger partial charge in [-0.05, 0) is 59.1 Å². The number of hydrogen-bond acceptors (Lipinski definition) is 4. The van der Waals surface area contributed by atoms with Crippen molar-refractivity contribution < 1.29 is 9.90 Å². The van der Waals surface area contributed by atoms with Gasteiger partial charge in [0.05, 0.1) is 11.7 Å². The first kappa shape index (κ1) is 15.5. The van der Waals surface area contributed by atoms with Crippen molar-refractivity contribution in [2.75, 3.05) is 5.32 Å². The number of pyridine rings is 1. The van der Waals surface area contributed by atoms with Crippen LogP contribution in [-0.2, 0) is 11.2 Å².